The van der Waals surface area contributed by atoms with Gasteiger partial charge in [0.2, 0.25) is 0 Å². The Morgan fingerprint density at radius 2 is 2.12 bits per heavy atom. The van der Waals surface area contributed by atoms with Crippen molar-refractivity contribution < 1.29 is 0 Å². The third-order valence-electron chi connectivity index (χ3n) is 3.32. The number of rotatable bonds is 1. The zero-order valence-electron chi connectivity index (χ0n) is 10.7. The number of aromatic nitrogens is 2. The van der Waals surface area contributed by atoms with Crippen molar-refractivity contribution in [2.45, 2.75) is 51.9 Å². The maximum absolute atomic E-state index is 5.62. The molecular weight excluding hydrogens is 212 g/mol. The predicted octanol–water partition coefficient (Wildman–Crippen LogP) is 2.25. The van der Waals surface area contributed by atoms with Crippen LogP contribution in [-0.2, 0) is 6.42 Å². The molecule has 2 heterocycles. The van der Waals surface area contributed by atoms with E-state index in [4.69, 9.17) is 11.4 Å². The minimum Gasteiger partial charge on any atom is -0.318 e. The second-order valence-electron chi connectivity index (χ2n) is 5.66. The molecule has 0 amide bonds. The van der Waals surface area contributed by atoms with Gasteiger partial charge in [-0.1, -0.05) is 25.6 Å². The molecule has 0 spiro atoms. The molecule has 1 aliphatic heterocycles. The zero-order chi connectivity index (χ0) is 11.9. The molecule has 0 aromatic carbocycles. The van der Waals surface area contributed by atoms with Gasteiger partial charge in [-0.3, -0.25) is 0 Å². The summed E-state index contributed by atoms with van der Waals surface area (Å²) in [5.74, 6) is 4.12. The number of aryl methyl sites for hydroxylation is 1. The molecule has 1 aliphatic rings. The summed E-state index contributed by atoms with van der Waals surface area (Å²) in [6.45, 7) is 9.22. The predicted molar refractivity (Wildman–Crippen MR) is 70.8 cm³/mol. The van der Waals surface area contributed by atoms with E-state index in [0.29, 0.717) is 0 Å². The third kappa shape index (κ3) is 1.71. The lowest BCUT2D eigenvalue weighted by atomic mass is 10.1. The van der Waals surface area contributed by atoms with Crippen molar-refractivity contribution in [3.05, 3.63) is 11.5 Å². The molecule has 3 heteroatoms. The van der Waals surface area contributed by atoms with E-state index in [9.17, 15) is 0 Å². The van der Waals surface area contributed by atoms with Gasteiger partial charge in [-0.25, -0.2) is 4.98 Å². The Morgan fingerprint density at radius 1 is 1.44 bits per heavy atom. The van der Waals surface area contributed by atoms with Gasteiger partial charge >= 0.3 is 0 Å². The lowest BCUT2D eigenvalue weighted by Gasteiger charge is -2.22. The van der Waals surface area contributed by atoms with Crippen LogP contribution in [0, 0.1) is 19.3 Å². The standard InChI is InChI=1S/C13H20N2Si/c1-6-11-8-7-9-12-14-13(16(3,4)5)10(2)15(11)12/h1,11H,7-9H2,2-5H3. The van der Waals surface area contributed by atoms with E-state index in [1.165, 1.54) is 23.3 Å². The Kier molecular flexibility index (Phi) is 2.71. The van der Waals surface area contributed by atoms with Crippen molar-refractivity contribution in [3.63, 3.8) is 0 Å². The molecule has 0 bridgehead atoms. The molecule has 1 unspecified atom stereocenters. The topological polar surface area (TPSA) is 17.8 Å². The Balaban J connectivity index is 2.56. The van der Waals surface area contributed by atoms with Crippen LogP contribution in [0.3, 0.4) is 0 Å². The monoisotopic (exact) mass is 232 g/mol. The normalized spacial score (nSPS) is 20.3. The molecule has 1 aromatic rings. The van der Waals surface area contributed by atoms with E-state index < -0.39 is 8.07 Å². The minimum absolute atomic E-state index is 0.237. The fourth-order valence-electron chi connectivity index (χ4n) is 2.61. The molecule has 0 saturated heterocycles. The van der Waals surface area contributed by atoms with Crippen LogP contribution in [0.5, 0.6) is 0 Å². The minimum atomic E-state index is -1.34. The van der Waals surface area contributed by atoms with Gasteiger partial charge in [0.15, 0.2) is 0 Å². The maximum atomic E-state index is 5.62. The van der Waals surface area contributed by atoms with E-state index in [1.807, 2.05) is 0 Å². The fraction of sp³-hybridized carbons (Fsp3) is 0.615. The summed E-state index contributed by atoms with van der Waals surface area (Å²) in [6.07, 6.45) is 8.98. The van der Waals surface area contributed by atoms with Gasteiger partial charge in [-0.15, -0.1) is 6.42 Å². The Morgan fingerprint density at radius 3 is 2.69 bits per heavy atom. The first-order valence-corrected chi connectivity index (χ1v) is 9.49. The number of imidazole rings is 1. The summed E-state index contributed by atoms with van der Waals surface area (Å²) < 4.78 is 2.30. The zero-order valence-corrected chi connectivity index (χ0v) is 11.7. The van der Waals surface area contributed by atoms with Gasteiger partial charge in [0.05, 0.1) is 6.04 Å². The Labute approximate surface area is 99.1 Å². The van der Waals surface area contributed by atoms with Crippen LogP contribution in [0.2, 0.25) is 19.6 Å². The second-order valence-corrected chi connectivity index (χ2v) is 10.6. The van der Waals surface area contributed by atoms with Gasteiger partial charge < -0.3 is 4.57 Å². The van der Waals surface area contributed by atoms with E-state index in [0.717, 1.165) is 12.8 Å². The highest BCUT2D eigenvalue weighted by atomic mass is 28.3. The Hall–Kier alpha value is -1.01. The highest BCUT2D eigenvalue weighted by molar-refractivity contribution is 6.88. The summed E-state index contributed by atoms with van der Waals surface area (Å²) in [5.41, 5.74) is 1.32. The van der Waals surface area contributed by atoms with Crippen LogP contribution >= 0.6 is 0 Å². The molecule has 1 atom stereocenters. The largest absolute Gasteiger partial charge is 0.318 e. The molecule has 0 fully saturated rings. The SMILES string of the molecule is C#CC1CCCc2nc([Si](C)(C)C)c(C)n21. The van der Waals surface area contributed by atoms with Crippen LogP contribution in [0.15, 0.2) is 0 Å². The molecule has 0 N–H and O–H groups in total. The average molecular weight is 232 g/mol. The highest BCUT2D eigenvalue weighted by Crippen LogP contribution is 2.25. The van der Waals surface area contributed by atoms with E-state index in [1.54, 1.807) is 0 Å². The van der Waals surface area contributed by atoms with Crippen molar-refractivity contribution in [1.82, 2.24) is 9.55 Å². The third-order valence-corrected chi connectivity index (χ3v) is 5.21. The molecule has 1 aromatic heterocycles. The molecule has 2 rings (SSSR count). The first-order valence-electron chi connectivity index (χ1n) is 5.99. The number of nitrogens with zero attached hydrogens (tertiary/aromatic N) is 2. The molecule has 0 radical (unpaired) electrons. The summed E-state index contributed by atoms with van der Waals surface area (Å²) in [4.78, 5) is 4.85. The Bertz CT molecular complexity index is 446. The maximum Gasteiger partial charge on any atom is 0.109 e. The lowest BCUT2D eigenvalue weighted by molar-refractivity contribution is 0.467. The van der Waals surface area contributed by atoms with Crippen molar-refractivity contribution in [2.75, 3.05) is 0 Å². The van der Waals surface area contributed by atoms with Gasteiger partial charge in [0.1, 0.15) is 13.9 Å². The van der Waals surface area contributed by atoms with Crippen LogP contribution < -0.4 is 5.32 Å². The molecular formula is C13H20N2Si. The fourth-order valence-corrected chi connectivity index (χ4v) is 4.28. The van der Waals surface area contributed by atoms with Crippen molar-refractivity contribution >= 4 is 13.4 Å². The van der Waals surface area contributed by atoms with Crippen LogP contribution in [0.1, 0.15) is 30.4 Å². The van der Waals surface area contributed by atoms with Crippen molar-refractivity contribution in [3.8, 4) is 12.3 Å². The van der Waals surface area contributed by atoms with Gasteiger partial charge in [-0.2, -0.15) is 0 Å². The first-order chi connectivity index (χ1) is 7.45. The molecule has 16 heavy (non-hydrogen) atoms. The van der Waals surface area contributed by atoms with Crippen molar-refractivity contribution in [1.29, 1.82) is 0 Å². The first kappa shape index (κ1) is 11.5. The van der Waals surface area contributed by atoms with Crippen LogP contribution in [0.25, 0.3) is 0 Å². The van der Waals surface area contributed by atoms with Gasteiger partial charge in [-0.05, 0) is 19.8 Å². The second kappa shape index (κ2) is 3.78. The number of hydrogen-bond acceptors (Lipinski definition) is 1. The average Bonchev–Trinajstić information content (AvgIpc) is 2.56. The lowest BCUT2D eigenvalue weighted by Crippen LogP contribution is -2.40. The highest BCUT2D eigenvalue weighted by Gasteiger charge is 2.29. The van der Waals surface area contributed by atoms with Gasteiger partial charge in [0, 0.05) is 17.4 Å². The summed E-state index contributed by atoms with van der Waals surface area (Å²) in [5, 5.41) is 1.34. The smallest absolute Gasteiger partial charge is 0.109 e. The molecule has 0 saturated carbocycles. The summed E-state index contributed by atoms with van der Waals surface area (Å²) in [7, 11) is -1.34. The van der Waals surface area contributed by atoms with Crippen LogP contribution in [-0.4, -0.2) is 17.6 Å². The number of terminal acetylenes is 1. The number of hydrogen-bond donors (Lipinski definition) is 0. The quantitative estimate of drug-likeness (QED) is 0.536. The molecule has 2 nitrogen and oxygen atoms in total. The summed E-state index contributed by atoms with van der Waals surface area (Å²) >= 11 is 0. The van der Waals surface area contributed by atoms with E-state index >= 15 is 0 Å². The van der Waals surface area contributed by atoms with Crippen molar-refractivity contribution in [2.24, 2.45) is 0 Å². The van der Waals surface area contributed by atoms with Gasteiger partial charge in [0.25, 0.3) is 0 Å². The molecule has 0 aliphatic carbocycles. The summed E-state index contributed by atoms with van der Waals surface area (Å²) in [6, 6.07) is 0.237. The molecule has 86 valence electrons. The van der Waals surface area contributed by atoms with E-state index in [-0.39, 0.29) is 6.04 Å². The van der Waals surface area contributed by atoms with E-state index in [2.05, 4.69) is 37.1 Å². The number of fused-ring (bicyclic) bond motifs is 1. The van der Waals surface area contributed by atoms with Crippen LogP contribution in [0.4, 0.5) is 0 Å².